The SMILES string of the molecule is Cc1c(C=O)cccc1CC1(OC2(Cc3cccc(C=O)c3C)CCCCO2)CCCCO1. The Hall–Kier alpha value is -2.34. The third-order valence-electron chi connectivity index (χ3n) is 7.16. The molecule has 0 aliphatic carbocycles. The van der Waals surface area contributed by atoms with Crippen LogP contribution >= 0.6 is 0 Å². The minimum atomic E-state index is -0.808. The van der Waals surface area contributed by atoms with Gasteiger partial charge in [-0.2, -0.15) is 0 Å². The van der Waals surface area contributed by atoms with Gasteiger partial charge in [0.25, 0.3) is 0 Å². The number of benzene rings is 2. The van der Waals surface area contributed by atoms with Crippen LogP contribution in [0.3, 0.4) is 0 Å². The van der Waals surface area contributed by atoms with Crippen LogP contribution in [-0.2, 0) is 27.1 Å². The highest BCUT2D eigenvalue weighted by Crippen LogP contribution is 2.41. The Labute approximate surface area is 196 Å². The van der Waals surface area contributed by atoms with E-state index in [1.54, 1.807) is 0 Å². The van der Waals surface area contributed by atoms with Crippen molar-refractivity contribution in [1.29, 1.82) is 0 Å². The minimum absolute atomic E-state index is 0.568. The van der Waals surface area contributed by atoms with E-state index in [1.807, 2.05) is 38.1 Å². The molecular formula is C28H34O5. The van der Waals surface area contributed by atoms with Crippen molar-refractivity contribution in [1.82, 2.24) is 0 Å². The third kappa shape index (κ3) is 5.26. The molecule has 0 saturated carbocycles. The Balaban J connectivity index is 1.68. The first-order valence-electron chi connectivity index (χ1n) is 12.1. The summed E-state index contributed by atoms with van der Waals surface area (Å²) >= 11 is 0. The highest BCUT2D eigenvalue weighted by Gasteiger charge is 2.46. The fraction of sp³-hybridized carbons (Fsp3) is 0.500. The number of carbonyl (C=O) groups excluding carboxylic acids is 2. The van der Waals surface area contributed by atoms with Gasteiger partial charge in [0.05, 0.1) is 13.2 Å². The van der Waals surface area contributed by atoms with E-state index in [1.165, 1.54) is 0 Å². The van der Waals surface area contributed by atoms with Gasteiger partial charge in [-0.15, -0.1) is 0 Å². The Morgan fingerprint density at radius 2 is 1.21 bits per heavy atom. The summed E-state index contributed by atoms with van der Waals surface area (Å²) in [7, 11) is 0. The van der Waals surface area contributed by atoms with Crippen molar-refractivity contribution in [2.24, 2.45) is 0 Å². The summed E-state index contributed by atoms with van der Waals surface area (Å²) in [5.74, 6) is -1.62. The maximum Gasteiger partial charge on any atom is 0.175 e. The van der Waals surface area contributed by atoms with Crippen molar-refractivity contribution in [2.75, 3.05) is 13.2 Å². The molecule has 2 atom stereocenters. The van der Waals surface area contributed by atoms with Gasteiger partial charge in [0.2, 0.25) is 0 Å². The van der Waals surface area contributed by atoms with Gasteiger partial charge in [0.1, 0.15) is 12.6 Å². The summed E-state index contributed by atoms with van der Waals surface area (Å²) in [5, 5.41) is 0. The van der Waals surface area contributed by atoms with Crippen molar-refractivity contribution >= 4 is 12.6 Å². The molecule has 0 amide bonds. The van der Waals surface area contributed by atoms with E-state index in [9.17, 15) is 9.59 Å². The molecule has 2 saturated heterocycles. The summed E-state index contributed by atoms with van der Waals surface area (Å²) in [4.78, 5) is 23.0. The molecule has 2 heterocycles. The second-order valence-electron chi connectivity index (χ2n) is 9.39. The van der Waals surface area contributed by atoms with E-state index < -0.39 is 11.6 Å². The highest BCUT2D eigenvalue weighted by molar-refractivity contribution is 5.78. The van der Waals surface area contributed by atoms with Crippen LogP contribution in [0.5, 0.6) is 0 Å². The molecule has 0 N–H and O–H groups in total. The van der Waals surface area contributed by atoms with Crippen molar-refractivity contribution < 1.29 is 23.8 Å². The second kappa shape index (κ2) is 10.3. The molecule has 2 aromatic carbocycles. The lowest BCUT2D eigenvalue weighted by Gasteiger charge is -2.47. The van der Waals surface area contributed by atoms with Crippen LogP contribution in [0, 0.1) is 13.8 Å². The molecule has 5 heteroatoms. The normalized spacial score (nSPS) is 25.5. The molecule has 2 unspecified atom stereocenters. The molecule has 33 heavy (non-hydrogen) atoms. The Morgan fingerprint density at radius 1 is 0.758 bits per heavy atom. The standard InChI is InChI=1S/C28H34O5/c1-21-23(9-7-11-25(21)19-29)17-27(13-3-5-15-31-27)33-28(14-4-6-16-32-28)18-24-10-8-12-26(20-30)22(24)2/h7-12,19-20H,3-6,13-18H2,1-2H3. The molecule has 0 bridgehead atoms. The van der Waals surface area contributed by atoms with Crippen LogP contribution in [-0.4, -0.2) is 37.4 Å². The number of ether oxygens (including phenoxy) is 3. The van der Waals surface area contributed by atoms with Crippen molar-refractivity contribution in [3.05, 3.63) is 69.8 Å². The molecule has 176 valence electrons. The molecule has 0 radical (unpaired) electrons. The summed E-state index contributed by atoms with van der Waals surface area (Å²) in [5.41, 5.74) is 5.46. The number of hydrogen-bond donors (Lipinski definition) is 0. The number of aldehydes is 2. The Morgan fingerprint density at radius 3 is 1.58 bits per heavy atom. The zero-order valence-electron chi connectivity index (χ0n) is 19.7. The largest absolute Gasteiger partial charge is 0.349 e. The Kier molecular flexibility index (Phi) is 7.42. The summed E-state index contributed by atoms with van der Waals surface area (Å²) in [6.07, 6.45) is 8.54. The number of rotatable bonds is 8. The zero-order valence-corrected chi connectivity index (χ0v) is 19.7. The molecule has 2 aromatic rings. The molecule has 4 rings (SSSR count). The Bertz CT molecular complexity index is 904. The topological polar surface area (TPSA) is 61.8 Å². The summed E-state index contributed by atoms with van der Waals surface area (Å²) < 4.78 is 19.7. The second-order valence-corrected chi connectivity index (χ2v) is 9.39. The van der Waals surface area contributed by atoms with Crippen molar-refractivity contribution in [3.8, 4) is 0 Å². The molecule has 0 aromatic heterocycles. The number of carbonyl (C=O) groups is 2. The lowest BCUT2D eigenvalue weighted by Crippen LogP contribution is -2.53. The lowest BCUT2D eigenvalue weighted by molar-refractivity contribution is -0.376. The lowest BCUT2D eigenvalue weighted by atomic mass is 9.90. The average Bonchev–Trinajstić information content (AvgIpc) is 2.83. The third-order valence-corrected chi connectivity index (χ3v) is 7.16. The van der Waals surface area contributed by atoms with E-state index in [4.69, 9.17) is 14.2 Å². The van der Waals surface area contributed by atoms with Gasteiger partial charge in [-0.1, -0.05) is 36.4 Å². The van der Waals surface area contributed by atoms with E-state index >= 15 is 0 Å². The maximum absolute atomic E-state index is 11.5. The van der Waals surface area contributed by atoms with Crippen LogP contribution in [0.1, 0.15) is 81.5 Å². The van der Waals surface area contributed by atoms with Gasteiger partial charge in [-0.05, 0) is 61.8 Å². The summed E-state index contributed by atoms with van der Waals surface area (Å²) in [6.45, 7) is 5.25. The van der Waals surface area contributed by atoms with Crippen LogP contribution in [0.4, 0.5) is 0 Å². The van der Waals surface area contributed by atoms with E-state index in [-0.39, 0.29) is 0 Å². The van der Waals surface area contributed by atoms with Crippen molar-refractivity contribution in [3.63, 3.8) is 0 Å². The molecule has 2 aliphatic heterocycles. The fourth-order valence-electron chi connectivity index (χ4n) is 5.13. The van der Waals surface area contributed by atoms with Gasteiger partial charge in [-0.3, -0.25) is 9.59 Å². The number of hydrogen-bond acceptors (Lipinski definition) is 5. The van der Waals surface area contributed by atoms with Crippen LogP contribution in [0.25, 0.3) is 0 Å². The first-order valence-corrected chi connectivity index (χ1v) is 12.1. The van der Waals surface area contributed by atoms with E-state index in [0.717, 1.165) is 73.4 Å². The predicted molar refractivity (Wildman–Crippen MR) is 127 cm³/mol. The van der Waals surface area contributed by atoms with Gasteiger partial charge in [-0.25, -0.2) is 0 Å². The van der Waals surface area contributed by atoms with Crippen LogP contribution in [0.15, 0.2) is 36.4 Å². The van der Waals surface area contributed by atoms with Crippen molar-refractivity contribution in [2.45, 2.75) is 76.8 Å². The first-order chi connectivity index (χ1) is 16.0. The van der Waals surface area contributed by atoms with Gasteiger partial charge in [0.15, 0.2) is 11.6 Å². The van der Waals surface area contributed by atoms with Gasteiger partial charge < -0.3 is 14.2 Å². The van der Waals surface area contributed by atoms with Gasteiger partial charge in [0, 0.05) is 36.8 Å². The molecular weight excluding hydrogens is 416 g/mol. The molecule has 2 fully saturated rings. The highest BCUT2D eigenvalue weighted by atomic mass is 16.8. The average molecular weight is 451 g/mol. The van der Waals surface area contributed by atoms with Crippen LogP contribution in [0.2, 0.25) is 0 Å². The van der Waals surface area contributed by atoms with E-state index in [2.05, 4.69) is 12.1 Å². The quantitative estimate of drug-likeness (QED) is 0.495. The monoisotopic (exact) mass is 450 g/mol. The van der Waals surface area contributed by atoms with Crippen LogP contribution < -0.4 is 0 Å². The molecule has 0 spiro atoms. The zero-order chi connectivity index (χ0) is 23.3. The fourth-order valence-corrected chi connectivity index (χ4v) is 5.13. The summed E-state index contributed by atoms with van der Waals surface area (Å²) in [6, 6.07) is 11.6. The van der Waals surface area contributed by atoms with E-state index in [0.29, 0.717) is 37.2 Å². The van der Waals surface area contributed by atoms with Gasteiger partial charge >= 0.3 is 0 Å². The maximum atomic E-state index is 11.5. The minimum Gasteiger partial charge on any atom is -0.349 e. The smallest absolute Gasteiger partial charge is 0.175 e. The first kappa shape index (κ1) is 23.8. The molecule has 5 nitrogen and oxygen atoms in total. The molecule has 2 aliphatic rings. The predicted octanol–water partition coefficient (Wildman–Crippen LogP) is 5.52.